The maximum Gasteiger partial charge on any atom is 0.123 e. The van der Waals surface area contributed by atoms with Crippen molar-refractivity contribution >= 4 is 15.9 Å². The van der Waals surface area contributed by atoms with Gasteiger partial charge in [0.25, 0.3) is 0 Å². The van der Waals surface area contributed by atoms with Crippen LogP contribution in [0.2, 0.25) is 0 Å². The van der Waals surface area contributed by atoms with E-state index in [1.165, 1.54) is 0 Å². The Hall–Kier alpha value is -1.53. The number of aromatic nitrogens is 2. The predicted molar refractivity (Wildman–Crippen MR) is 83.9 cm³/mol. The number of benzene rings is 1. The summed E-state index contributed by atoms with van der Waals surface area (Å²) in [5.41, 5.74) is 1.90. The first kappa shape index (κ1) is 15.9. The van der Waals surface area contributed by atoms with E-state index in [2.05, 4.69) is 21.0 Å². The van der Waals surface area contributed by atoms with Gasteiger partial charge in [0.05, 0.1) is 23.8 Å². The Balaban J connectivity index is 1.92. The Morgan fingerprint density at radius 2 is 2.05 bits per heavy atom. The highest BCUT2D eigenvalue weighted by molar-refractivity contribution is 9.10. The highest BCUT2D eigenvalue weighted by atomic mass is 79.9. The fraction of sp³-hybridized carbons (Fsp3) is 0.400. The van der Waals surface area contributed by atoms with E-state index in [0.717, 1.165) is 21.6 Å². The number of ether oxygens (including phenoxy) is 2. The first-order valence-electron chi connectivity index (χ1n) is 6.65. The molecule has 0 radical (unpaired) electrons. The lowest BCUT2D eigenvalue weighted by Gasteiger charge is -2.14. The largest absolute Gasteiger partial charge is 0.497 e. The van der Waals surface area contributed by atoms with Crippen LogP contribution in [0.4, 0.5) is 0 Å². The fourth-order valence-electron chi connectivity index (χ4n) is 1.99. The minimum absolute atomic E-state index is 0.198. The standard InChI is InChI=1S/C15H19BrN2O3/c1-10-15(16)11(2)18(17-10)8-12(19)9-21-14-6-4-5-13(7-14)20-3/h4-7,12,19H,8-9H2,1-3H3/t12-/m0/s1. The number of hydrogen-bond donors (Lipinski definition) is 1. The number of hydrogen-bond acceptors (Lipinski definition) is 4. The molecule has 0 unspecified atom stereocenters. The molecule has 5 nitrogen and oxygen atoms in total. The van der Waals surface area contributed by atoms with Crippen LogP contribution in [0.5, 0.6) is 11.5 Å². The van der Waals surface area contributed by atoms with Gasteiger partial charge in [0.2, 0.25) is 0 Å². The van der Waals surface area contributed by atoms with Crippen LogP contribution in [0.3, 0.4) is 0 Å². The van der Waals surface area contributed by atoms with E-state index in [0.29, 0.717) is 12.3 Å². The minimum atomic E-state index is -0.638. The maximum atomic E-state index is 10.1. The zero-order valence-corrected chi connectivity index (χ0v) is 13.9. The second-order valence-corrected chi connectivity index (χ2v) is 5.60. The molecule has 0 amide bonds. The van der Waals surface area contributed by atoms with Crippen molar-refractivity contribution in [1.29, 1.82) is 0 Å². The molecule has 0 fully saturated rings. The summed E-state index contributed by atoms with van der Waals surface area (Å²) in [5.74, 6) is 1.40. The fourth-order valence-corrected chi connectivity index (χ4v) is 2.27. The SMILES string of the molecule is COc1cccc(OC[C@@H](O)Cn2nc(C)c(Br)c2C)c1. The van der Waals surface area contributed by atoms with Crippen LogP contribution in [0.15, 0.2) is 28.7 Å². The molecule has 0 saturated heterocycles. The molecule has 1 N–H and O–H groups in total. The molecule has 0 bridgehead atoms. The van der Waals surface area contributed by atoms with Gasteiger partial charge in [-0.05, 0) is 41.9 Å². The summed E-state index contributed by atoms with van der Waals surface area (Å²) in [6.07, 6.45) is -0.638. The van der Waals surface area contributed by atoms with Crippen molar-refractivity contribution in [2.45, 2.75) is 26.5 Å². The number of aliphatic hydroxyl groups is 1. The molecule has 0 aliphatic rings. The summed E-state index contributed by atoms with van der Waals surface area (Å²) >= 11 is 3.47. The summed E-state index contributed by atoms with van der Waals surface area (Å²) < 4.78 is 13.5. The van der Waals surface area contributed by atoms with Crippen molar-refractivity contribution in [1.82, 2.24) is 9.78 Å². The molecule has 1 heterocycles. The van der Waals surface area contributed by atoms with Crippen LogP contribution < -0.4 is 9.47 Å². The van der Waals surface area contributed by atoms with Crippen LogP contribution in [0.25, 0.3) is 0 Å². The van der Waals surface area contributed by atoms with Gasteiger partial charge in [-0.1, -0.05) is 6.07 Å². The minimum Gasteiger partial charge on any atom is -0.497 e. The number of aryl methyl sites for hydroxylation is 1. The molecular formula is C15H19BrN2O3. The number of halogens is 1. The van der Waals surface area contributed by atoms with E-state index < -0.39 is 6.10 Å². The van der Waals surface area contributed by atoms with Gasteiger partial charge in [-0.3, -0.25) is 4.68 Å². The van der Waals surface area contributed by atoms with Gasteiger partial charge in [0.1, 0.15) is 24.2 Å². The summed E-state index contributed by atoms with van der Waals surface area (Å²) in [6, 6.07) is 7.30. The predicted octanol–water partition coefficient (Wildman–Crippen LogP) is 2.71. The van der Waals surface area contributed by atoms with Gasteiger partial charge >= 0.3 is 0 Å². The number of aliphatic hydroxyl groups excluding tert-OH is 1. The zero-order valence-electron chi connectivity index (χ0n) is 12.3. The average molecular weight is 355 g/mol. The van der Waals surface area contributed by atoms with Crippen LogP contribution >= 0.6 is 15.9 Å². The monoisotopic (exact) mass is 354 g/mol. The van der Waals surface area contributed by atoms with Crippen LogP contribution in [-0.2, 0) is 6.54 Å². The van der Waals surface area contributed by atoms with Crippen LogP contribution in [0.1, 0.15) is 11.4 Å². The first-order valence-corrected chi connectivity index (χ1v) is 7.45. The molecule has 1 atom stereocenters. The van der Waals surface area contributed by atoms with Crippen molar-refractivity contribution in [3.8, 4) is 11.5 Å². The highest BCUT2D eigenvalue weighted by Crippen LogP contribution is 2.21. The van der Waals surface area contributed by atoms with E-state index in [9.17, 15) is 5.11 Å². The second kappa shape index (κ2) is 6.95. The molecule has 2 rings (SSSR count). The van der Waals surface area contributed by atoms with Crippen molar-refractivity contribution in [2.24, 2.45) is 0 Å². The molecule has 0 saturated carbocycles. The topological polar surface area (TPSA) is 56.5 Å². The number of methoxy groups -OCH3 is 1. The van der Waals surface area contributed by atoms with E-state index in [1.54, 1.807) is 17.9 Å². The van der Waals surface area contributed by atoms with Gasteiger partial charge in [0.15, 0.2) is 0 Å². The Morgan fingerprint density at radius 3 is 2.67 bits per heavy atom. The van der Waals surface area contributed by atoms with Crippen LogP contribution in [-0.4, -0.2) is 34.7 Å². The molecule has 0 aliphatic carbocycles. The Labute approximate surface area is 132 Å². The highest BCUT2D eigenvalue weighted by Gasteiger charge is 2.13. The van der Waals surface area contributed by atoms with E-state index in [4.69, 9.17) is 9.47 Å². The van der Waals surface area contributed by atoms with Crippen molar-refractivity contribution in [3.63, 3.8) is 0 Å². The van der Waals surface area contributed by atoms with E-state index >= 15 is 0 Å². The molecule has 1 aromatic heterocycles. The first-order chi connectivity index (χ1) is 10.0. The Kier molecular flexibility index (Phi) is 5.25. The number of nitrogens with zero attached hydrogens (tertiary/aromatic N) is 2. The molecule has 21 heavy (non-hydrogen) atoms. The molecular weight excluding hydrogens is 336 g/mol. The second-order valence-electron chi connectivity index (χ2n) is 4.81. The summed E-state index contributed by atoms with van der Waals surface area (Å²) in [6.45, 7) is 4.47. The van der Waals surface area contributed by atoms with Crippen LogP contribution in [0, 0.1) is 13.8 Å². The van der Waals surface area contributed by atoms with Crippen molar-refractivity contribution < 1.29 is 14.6 Å². The van der Waals surface area contributed by atoms with Gasteiger partial charge in [0, 0.05) is 11.8 Å². The lowest BCUT2D eigenvalue weighted by molar-refractivity contribution is 0.0885. The lowest BCUT2D eigenvalue weighted by atomic mass is 10.3. The van der Waals surface area contributed by atoms with E-state index in [1.807, 2.05) is 32.0 Å². The van der Waals surface area contributed by atoms with Gasteiger partial charge in [-0.15, -0.1) is 0 Å². The molecule has 2 aromatic rings. The quantitative estimate of drug-likeness (QED) is 0.866. The molecule has 0 aliphatic heterocycles. The summed E-state index contributed by atoms with van der Waals surface area (Å²) in [7, 11) is 1.61. The molecule has 6 heteroatoms. The third-order valence-electron chi connectivity index (χ3n) is 3.16. The normalized spacial score (nSPS) is 12.2. The smallest absolute Gasteiger partial charge is 0.123 e. The third kappa shape index (κ3) is 3.98. The average Bonchev–Trinajstić information content (AvgIpc) is 2.72. The van der Waals surface area contributed by atoms with Gasteiger partial charge in [-0.2, -0.15) is 5.10 Å². The maximum absolute atomic E-state index is 10.1. The lowest BCUT2D eigenvalue weighted by Crippen LogP contribution is -2.24. The number of rotatable bonds is 6. The van der Waals surface area contributed by atoms with Gasteiger partial charge in [-0.25, -0.2) is 0 Å². The molecule has 0 spiro atoms. The van der Waals surface area contributed by atoms with Gasteiger partial charge < -0.3 is 14.6 Å². The van der Waals surface area contributed by atoms with Crippen molar-refractivity contribution in [3.05, 3.63) is 40.1 Å². The summed E-state index contributed by atoms with van der Waals surface area (Å²) in [5, 5.41) is 14.4. The zero-order chi connectivity index (χ0) is 15.4. The van der Waals surface area contributed by atoms with E-state index in [-0.39, 0.29) is 6.61 Å². The third-order valence-corrected chi connectivity index (χ3v) is 4.31. The summed E-state index contributed by atoms with van der Waals surface area (Å²) in [4.78, 5) is 0. The Bertz CT molecular complexity index is 613. The Morgan fingerprint density at radius 1 is 1.33 bits per heavy atom. The molecule has 114 valence electrons. The van der Waals surface area contributed by atoms with Crippen molar-refractivity contribution in [2.75, 3.05) is 13.7 Å². The molecule has 1 aromatic carbocycles.